The summed E-state index contributed by atoms with van der Waals surface area (Å²) in [4.78, 5) is 20.7. The molecule has 1 unspecified atom stereocenters. The van der Waals surface area contributed by atoms with Gasteiger partial charge in [0.05, 0.1) is 0 Å². The van der Waals surface area contributed by atoms with Gasteiger partial charge in [-0.05, 0) is 43.7 Å². The molecule has 1 atom stereocenters. The zero-order valence-corrected chi connectivity index (χ0v) is 15.1. The van der Waals surface area contributed by atoms with Crippen LogP contribution in [0.5, 0.6) is 11.6 Å². The van der Waals surface area contributed by atoms with Crippen molar-refractivity contribution in [2.45, 2.75) is 26.3 Å². The number of nitrogens with one attached hydrogen (secondary N) is 1. The van der Waals surface area contributed by atoms with Crippen LogP contribution in [0.1, 0.15) is 30.6 Å². The minimum atomic E-state index is -0.359. The van der Waals surface area contributed by atoms with E-state index < -0.39 is 0 Å². The Morgan fingerprint density at radius 3 is 2.78 bits per heavy atom. The Morgan fingerprint density at radius 1 is 1.19 bits per heavy atom. The van der Waals surface area contributed by atoms with Gasteiger partial charge in [0.1, 0.15) is 11.6 Å². The third-order valence-corrected chi connectivity index (χ3v) is 4.02. The van der Waals surface area contributed by atoms with Crippen molar-refractivity contribution in [2.24, 2.45) is 0 Å². The van der Waals surface area contributed by atoms with Crippen molar-refractivity contribution >= 4 is 5.91 Å². The summed E-state index contributed by atoms with van der Waals surface area (Å²) < 4.78 is 19.2. The number of carbonyl (C=O) groups excluding carboxylic acids is 1. The van der Waals surface area contributed by atoms with Crippen molar-refractivity contribution < 1.29 is 13.9 Å². The highest BCUT2D eigenvalue weighted by Crippen LogP contribution is 2.23. The number of nitrogens with zero attached hydrogens (tertiary/aromatic N) is 2. The maximum Gasteiger partial charge on any atom is 0.251 e. The zero-order valence-electron chi connectivity index (χ0n) is 15.1. The van der Waals surface area contributed by atoms with Gasteiger partial charge in [-0.15, -0.1) is 0 Å². The van der Waals surface area contributed by atoms with E-state index >= 15 is 0 Å². The van der Waals surface area contributed by atoms with Crippen LogP contribution >= 0.6 is 0 Å². The molecule has 0 aliphatic carbocycles. The second-order valence-electron chi connectivity index (χ2n) is 6.14. The minimum Gasteiger partial charge on any atom is -0.439 e. The monoisotopic (exact) mass is 365 g/mol. The molecular weight excluding hydrogens is 345 g/mol. The Kier molecular flexibility index (Phi) is 5.76. The average Bonchev–Trinajstić information content (AvgIpc) is 2.68. The maximum absolute atomic E-state index is 13.4. The lowest BCUT2D eigenvalue weighted by Gasteiger charge is -2.12. The SMILES string of the molecule is CCC(C)NC(=O)c1cccc(Oc2ccnc(-c3cccc(F)c3)n2)c1. The molecule has 1 N–H and O–H groups in total. The van der Waals surface area contributed by atoms with E-state index in [4.69, 9.17) is 4.74 Å². The average molecular weight is 365 g/mol. The van der Waals surface area contributed by atoms with E-state index in [0.29, 0.717) is 28.6 Å². The second-order valence-corrected chi connectivity index (χ2v) is 6.14. The fourth-order valence-corrected chi connectivity index (χ4v) is 2.40. The third kappa shape index (κ3) is 4.88. The van der Waals surface area contributed by atoms with Crippen LogP contribution in [0.2, 0.25) is 0 Å². The minimum absolute atomic E-state index is 0.0952. The standard InChI is InChI=1S/C21H20FN3O2/c1-3-14(2)24-21(26)16-7-5-9-18(13-16)27-19-10-11-23-20(25-19)15-6-4-8-17(22)12-15/h4-14H,3H2,1-2H3,(H,24,26). The molecule has 2 aromatic carbocycles. The molecule has 1 heterocycles. The first-order valence-electron chi connectivity index (χ1n) is 8.73. The maximum atomic E-state index is 13.4. The molecule has 0 radical (unpaired) electrons. The van der Waals surface area contributed by atoms with Crippen molar-refractivity contribution in [1.29, 1.82) is 0 Å². The van der Waals surface area contributed by atoms with Crippen molar-refractivity contribution in [2.75, 3.05) is 0 Å². The molecule has 6 heteroatoms. The largest absolute Gasteiger partial charge is 0.439 e. The van der Waals surface area contributed by atoms with Gasteiger partial charge in [-0.25, -0.2) is 9.37 Å². The van der Waals surface area contributed by atoms with Gasteiger partial charge in [0.15, 0.2) is 5.82 Å². The van der Waals surface area contributed by atoms with Gasteiger partial charge in [0, 0.05) is 29.4 Å². The summed E-state index contributed by atoms with van der Waals surface area (Å²) in [7, 11) is 0. The number of halogens is 1. The highest BCUT2D eigenvalue weighted by molar-refractivity contribution is 5.94. The van der Waals surface area contributed by atoms with Gasteiger partial charge in [-0.1, -0.05) is 25.1 Å². The highest BCUT2D eigenvalue weighted by atomic mass is 19.1. The van der Waals surface area contributed by atoms with Gasteiger partial charge >= 0.3 is 0 Å². The quantitative estimate of drug-likeness (QED) is 0.693. The molecule has 1 amide bonds. The predicted molar refractivity (Wildman–Crippen MR) is 101 cm³/mol. The number of rotatable bonds is 6. The van der Waals surface area contributed by atoms with Crippen molar-refractivity contribution in [3.05, 3.63) is 72.2 Å². The van der Waals surface area contributed by atoms with Crippen LogP contribution in [0.25, 0.3) is 11.4 Å². The van der Waals surface area contributed by atoms with Crippen LogP contribution in [0.15, 0.2) is 60.8 Å². The molecule has 0 spiro atoms. The smallest absolute Gasteiger partial charge is 0.251 e. The Hall–Kier alpha value is -3.28. The number of hydrogen-bond donors (Lipinski definition) is 1. The number of ether oxygens (including phenoxy) is 1. The summed E-state index contributed by atoms with van der Waals surface area (Å²) in [6.45, 7) is 3.96. The molecule has 0 saturated carbocycles. The van der Waals surface area contributed by atoms with Crippen LogP contribution in [0.3, 0.4) is 0 Å². The van der Waals surface area contributed by atoms with E-state index in [1.807, 2.05) is 13.8 Å². The molecule has 5 nitrogen and oxygen atoms in total. The Labute approximate surface area is 157 Å². The van der Waals surface area contributed by atoms with Crippen molar-refractivity contribution in [3.8, 4) is 23.0 Å². The Balaban J connectivity index is 1.79. The molecule has 0 aliphatic heterocycles. The molecular formula is C21H20FN3O2. The number of carbonyl (C=O) groups is 1. The van der Waals surface area contributed by atoms with Gasteiger partial charge in [-0.2, -0.15) is 4.98 Å². The summed E-state index contributed by atoms with van der Waals surface area (Å²) in [6.07, 6.45) is 2.40. The number of benzene rings is 2. The van der Waals surface area contributed by atoms with Crippen LogP contribution in [0, 0.1) is 5.82 Å². The second kappa shape index (κ2) is 8.40. The topological polar surface area (TPSA) is 64.1 Å². The molecule has 0 fully saturated rings. The molecule has 0 saturated heterocycles. The van der Waals surface area contributed by atoms with Gasteiger partial charge in [0.2, 0.25) is 5.88 Å². The fourth-order valence-electron chi connectivity index (χ4n) is 2.40. The molecule has 27 heavy (non-hydrogen) atoms. The summed E-state index contributed by atoms with van der Waals surface area (Å²) >= 11 is 0. The van der Waals surface area contributed by atoms with Gasteiger partial charge < -0.3 is 10.1 Å². The van der Waals surface area contributed by atoms with E-state index in [2.05, 4.69) is 15.3 Å². The van der Waals surface area contributed by atoms with Crippen LogP contribution in [0.4, 0.5) is 4.39 Å². The summed E-state index contributed by atoms with van der Waals surface area (Å²) in [5.41, 5.74) is 1.06. The molecule has 3 aromatic rings. The predicted octanol–water partition coefficient (Wildman–Crippen LogP) is 4.60. The lowest BCUT2D eigenvalue weighted by molar-refractivity contribution is 0.0939. The Bertz CT molecular complexity index is 946. The lowest BCUT2D eigenvalue weighted by atomic mass is 10.2. The first-order valence-corrected chi connectivity index (χ1v) is 8.73. The normalized spacial score (nSPS) is 11.7. The number of aromatic nitrogens is 2. The first-order chi connectivity index (χ1) is 13.0. The van der Waals surface area contributed by atoms with Gasteiger partial charge in [0.25, 0.3) is 5.91 Å². The lowest BCUT2D eigenvalue weighted by Crippen LogP contribution is -2.31. The third-order valence-electron chi connectivity index (χ3n) is 4.02. The van der Waals surface area contributed by atoms with Crippen LogP contribution in [-0.2, 0) is 0 Å². The summed E-state index contributed by atoms with van der Waals surface area (Å²) in [6, 6.07) is 14.6. The van der Waals surface area contributed by atoms with Gasteiger partial charge in [-0.3, -0.25) is 4.79 Å². The molecule has 138 valence electrons. The summed E-state index contributed by atoms with van der Waals surface area (Å²) in [5.74, 6) is 0.637. The zero-order chi connectivity index (χ0) is 19.2. The van der Waals surface area contributed by atoms with E-state index in [-0.39, 0.29) is 17.8 Å². The van der Waals surface area contributed by atoms with E-state index in [0.717, 1.165) is 6.42 Å². The van der Waals surface area contributed by atoms with E-state index in [1.165, 1.54) is 12.1 Å². The molecule has 3 rings (SSSR count). The fraction of sp³-hybridized carbons (Fsp3) is 0.190. The molecule has 0 aliphatic rings. The van der Waals surface area contributed by atoms with E-state index in [1.54, 1.807) is 48.7 Å². The first kappa shape index (κ1) is 18.5. The van der Waals surface area contributed by atoms with E-state index in [9.17, 15) is 9.18 Å². The molecule has 0 bridgehead atoms. The highest BCUT2D eigenvalue weighted by Gasteiger charge is 2.10. The summed E-state index contributed by atoms with van der Waals surface area (Å²) in [5, 5.41) is 2.92. The van der Waals surface area contributed by atoms with Crippen LogP contribution in [-0.4, -0.2) is 21.9 Å². The Morgan fingerprint density at radius 2 is 2.00 bits per heavy atom. The van der Waals surface area contributed by atoms with Crippen LogP contribution < -0.4 is 10.1 Å². The molecule has 1 aromatic heterocycles. The van der Waals surface area contributed by atoms with Crippen molar-refractivity contribution in [1.82, 2.24) is 15.3 Å². The number of amides is 1. The number of hydrogen-bond acceptors (Lipinski definition) is 4. The van der Waals surface area contributed by atoms with Crippen molar-refractivity contribution in [3.63, 3.8) is 0 Å².